The number of rotatable bonds is 4. The zero-order valence-corrected chi connectivity index (χ0v) is 9.41. The van der Waals surface area contributed by atoms with Crippen molar-refractivity contribution in [3.63, 3.8) is 0 Å². The number of hydrogen-bond donors (Lipinski definition) is 1. The topological polar surface area (TPSA) is 68.1 Å². The normalized spacial score (nSPS) is 15.6. The van der Waals surface area contributed by atoms with Gasteiger partial charge in [-0.15, -0.1) is 0 Å². The van der Waals surface area contributed by atoms with Crippen LogP contribution in [0, 0.1) is 16.0 Å². The summed E-state index contributed by atoms with van der Waals surface area (Å²) in [5, 5.41) is 14.0. The van der Waals surface area contributed by atoms with Gasteiger partial charge < -0.3 is 5.32 Å². The van der Waals surface area contributed by atoms with E-state index in [0.29, 0.717) is 5.92 Å². The fourth-order valence-electron chi connectivity index (χ4n) is 1.64. The largest absolute Gasteiger partial charge is 0.364 e. The number of halogens is 1. The van der Waals surface area contributed by atoms with Crippen LogP contribution in [0.2, 0.25) is 5.15 Å². The van der Waals surface area contributed by atoms with E-state index >= 15 is 0 Å². The van der Waals surface area contributed by atoms with Gasteiger partial charge in [0.25, 0.3) is 0 Å². The van der Waals surface area contributed by atoms with Crippen LogP contribution in [-0.4, -0.2) is 16.5 Å². The number of hydrogen-bond acceptors (Lipinski definition) is 4. The molecule has 0 atom stereocenters. The van der Waals surface area contributed by atoms with E-state index in [1.165, 1.54) is 31.4 Å². The standard InChI is InChI=1S/C10H12ClN3O2/c11-9-5-4-8(14(15)16)10(13-9)12-6-7-2-1-3-7/h4-5,7H,1-3,6H2,(H,12,13). The molecule has 1 aromatic heterocycles. The van der Waals surface area contributed by atoms with Gasteiger partial charge in [0.05, 0.1) is 4.92 Å². The summed E-state index contributed by atoms with van der Waals surface area (Å²) in [6.07, 6.45) is 3.61. The fourth-order valence-corrected chi connectivity index (χ4v) is 1.79. The Bertz CT molecular complexity index is 407. The highest BCUT2D eigenvalue weighted by molar-refractivity contribution is 6.29. The number of nitrogens with zero attached hydrogens (tertiary/aromatic N) is 2. The van der Waals surface area contributed by atoms with Gasteiger partial charge in [-0.2, -0.15) is 0 Å². The number of nitro groups is 1. The molecule has 5 nitrogen and oxygen atoms in total. The Morgan fingerprint density at radius 3 is 2.88 bits per heavy atom. The van der Waals surface area contributed by atoms with Crippen LogP contribution in [0.4, 0.5) is 11.5 Å². The van der Waals surface area contributed by atoms with Crippen LogP contribution in [-0.2, 0) is 0 Å². The molecule has 86 valence electrons. The minimum atomic E-state index is -0.452. The van der Waals surface area contributed by atoms with Crippen molar-refractivity contribution in [3.05, 3.63) is 27.4 Å². The second-order valence-electron chi connectivity index (χ2n) is 3.94. The van der Waals surface area contributed by atoms with Gasteiger partial charge in [0.15, 0.2) is 0 Å². The summed E-state index contributed by atoms with van der Waals surface area (Å²) in [6, 6.07) is 2.80. The van der Waals surface area contributed by atoms with Crippen LogP contribution in [0.3, 0.4) is 0 Å². The summed E-state index contributed by atoms with van der Waals surface area (Å²) in [5.41, 5.74) is -0.0243. The molecule has 0 spiro atoms. The summed E-state index contributed by atoms with van der Waals surface area (Å²) in [6.45, 7) is 0.730. The first kappa shape index (κ1) is 11.1. The molecule has 0 aliphatic heterocycles. The van der Waals surface area contributed by atoms with Gasteiger partial charge in [-0.05, 0) is 24.8 Å². The highest BCUT2D eigenvalue weighted by Crippen LogP contribution is 2.28. The first-order chi connectivity index (χ1) is 7.66. The number of aromatic nitrogens is 1. The predicted molar refractivity (Wildman–Crippen MR) is 61.7 cm³/mol. The lowest BCUT2D eigenvalue weighted by Gasteiger charge is -2.25. The van der Waals surface area contributed by atoms with Crippen molar-refractivity contribution in [1.29, 1.82) is 0 Å². The third kappa shape index (κ3) is 2.41. The van der Waals surface area contributed by atoms with E-state index in [1.54, 1.807) is 0 Å². The second-order valence-corrected chi connectivity index (χ2v) is 4.32. The molecule has 0 aromatic carbocycles. The van der Waals surface area contributed by atoms with Crippen molar-refractivity contribution in [1.82, 2.24) is 4.98 Å². The van der Waals surface area contributed by atoms with Gasteiger partial charge in [0.2, 0.25) is 5.82 Å². The fraction of sp³-hybridized carbons (Fsp3) is 0.500. The van der Waals surface area contributed by atoms with Crippen molar-refractivity contribution in [2.24, 2.45) is 5.92 Å². The molecule has 0 unspecified atom stereocenters. The van der Waals surface area contributed by atoms with Crippen LogP contribution < -0.4 is 5.32 Å². The molecule has 1 saturated carbocycles. The van der Waals surface area contributed by atoms with Crippen molar-refractivity contribution < 1.29 is 4.92 Å². The molecule has 16 heavy (non-hydrogen) atoms. The zero-order valence-electron chi connectivity index (χ0n) is 8.65. The van der Waals surface area contributed by atoms with Crippen LogP contribution >= 0.6 is 11.6 Å². The maximum absolute atomic E-state index is 10.7. The zero-order chi connectivity index (χ0) is 11.5. The number of pyridine rings is 1. The quantitative estimate of drug-likeness (QED) is 0.500. The minimum absolute atomic E-state index is 0.0243. The maximum atomic E-state index is 10.7. The molecular formula is C10H12ClN3O2. The Morgan fingerprint density at radius 1 is 1.56 bits per heavy atom. The van der Waals surface area contributed by atoms with Crippen LogP contribution in [0.25, 0.3) is 0 Å². The molecule has 1 heterocycles. The Kier molecular flexibility index (Phi) is 3.24. The van der Waals surface area contributed by atoms with Crippen LogP contribution in [0.15, 0.2) is 12.1 Å². The number of nitrogens with one attached hydrogen (secondary N) is 1. The average molecular weight is 242 g/mol. The van der Waals surface area contributed by atoms with Crippen LogP contribution in [0.1, 0.15) is 19.3 Å². The predicted octanol–water partition coefficient (Wildman–Crippen LogP) is 2.86. The molecule has 6 heteroatoms. The molecule has 2 rings (SSSR count). The maximum Gasteiger partial charge on any atom is 0.311 e. The summed E-state index contributed by atoms with van der Waals surface area (Å²) >= 11 is 5.71. The van der Waals surface area contributed by atoms with E-state index < -0.39 is 4.92 Å². The molecular weight excluding hydrogens is 230 g/mol. The average Bonchev–Trinajstić information content (AvgIpc) is 2.14. The summed E-state index contributed by atoms with van der Waals surface area (Å²) in [4.78, 5) is 14.2. The van der Waals surface area contributed by atoms with E-state index in [2.05, 4.69) is 10.3 Å². The monoisotopic (exact) mass is 241 g/mol. The van der Waals surface area contributed by atoms with Crippen molar-refractivity contribution >= 4 is 23.1 Å². The van der Waals surface area contributed by atoms with E-state index in [1.807, 2.05) is 0 Å². The lowest BCUT2D eigenvalue weighted by molar-refractivity contribution is -0.384. The van der Waals surface area contributed by atoms with E-state index in [9.17, 15) is 10.1 Å². The van der Waals surface area contributed by atoms with Gasteiger partial charge in [-0.1, -0.05) is 18.0 Å². The molecule has 0 saturated heterocycles. The Hall–Kier alpha value is -1.36. The molecule has 1 aromatic rings. The first-order valence-corrected chi connectivity index (χ1v) is 5.59. The third-order valence-electron chi connectivity index (χ3n) is 2.82. The highest BCUT2D eigenvalue weighted by Gasteiger charge is 2.20. The molecule has 0 radical (unpaired) electrons. The number of anilines is 1. The smallest absolute Gasteiger partial charge is 0.311 e. The lowest BCUT2D eigenvalue weighted by atomic mass is 9.85. The summed E-state index contributed by atoms with van der Waals surface area (Å²) < 4.78 is 0. The van der Waals surface area contributed by atoms with Gasteiger partial charge >= 0.3 is 5.69 Å². The molecule has 0 bridgehead atoms. The lowest BCUT2D eigenvalue weighted by Crippen LogP contribution is -2.21. The second kappa shape index (κ2) is 4.65. The van der Waals surface area contributed by atoms with Crippen molar-refractivity contribution in [3.8, 4) is 0 Å². The van der Waals surface area contributed by atoms with Gasteiger partial charge in [0, 0.05) is 12.6 Å². The molecule has 1 fully saturated rings. The Labute approximate surface area is 98.0 Å². The van der Waals surface area contributed by atoms with E-state index in [-0.39, 0.29) is 16.7 Å². The Morgan fingerprint density at radius 2 is 2.31 bits per heavy atom. The van der Waals surface area contributed by atoms with Gasteiger partial charge in [0.1, 0.15) is 5.15 Å². The molecule has 1 N–H and O–H groups in total. The Balaban J connectivity index is 2.09. The van der Waals surface area contributed by atoms with Crippen LogP contribution in [0.5, 0.6) is 0 Å². The first-order valence-electron chi connectivity index (χ1n) is 5.21. The van der Waals surface area contributed by atoms with E-state index in [4.69, 9.17) is 11.6 Å². The minimum Gasteiger partial charge on any atom is -0.364 e. The summed E-state index contributed by atoms with van der Waals surface area (Å²) in [7, 11) is 0. The molecule has 1 aliphatic rings. The van der Waals surface area contributed by atoms with Crippen molar-refractivity contribution in [2.45, 2.75) is 19.3 Å². The van der Waals surface area contributed by atoms with Gasteiger partial charge in [-0.3, -0.25) is 10.1 Å². The third-order valence-corrected chi connectivity index (χ3v) is 3.03. The summed E-state index contributed by atoms with van der Waals surface area (Å²) in [5.74, 6) is 0.879. The highest BCUT2D eigenvalue weighted by atomic mass is 35.5. The SMILES string of the molecule is O=[N+]([O-])c1ccc(Cl)nc1NCC1CCC1. The van der Waals surface area contributed by atoms with Gasteiger partial charge in [-0.25, -0.2) is 4.98 Å². The molecule has 0 amide bonds. The van der Waals surface area contributed by atoms with Crippen molar-refractivity contribution in [2.75, 3.05) is 11.9 Å². The van der Waals surface area contributed by atoms with E-state index in [0.717, 1.165) is 6.54 Å². The molecule has 1 aliphatic carbocycles.